The topological polar surface area (TPSA) is 56.6 Å². The summed E-state index contributed by atoms with van der Waals surface area (Å²) >= 11 is 0. The lowest BCUT2D eigenvalue weighted by atomic mass is 10.2. The first-order valence-corrected chi connectivity index (χ1v) is 7.87. The van der Waals surface area contributed by atoms with Gasteiger partial charge in [-0.15, -0.1) is 0 Å². The molecule has 1 fully saturated rings. The Morgan fingerprint density at radius 1 is 1.36 bits per heavy atom. The zero-order valence-corrected chi connectivity index (χ0v) is 14.1. The predicted octanol–water partition coefficient (Wildman–Crippen LogP) is 0.0191. The van der Waals surface area contributed by atoms with Crippen molar-refractivity contribution in [1.29, 1.82) is 0 Å². The SMILES string of the molecule is CC(C(=O)Nc1ccn(CCN(C)C)n1)N1CCN(C)CC1. The molecule has 1 aromatic heterocycles. The van der Waals surface area contributed by atoms with Gasteiger partial charge >= 0.3 is 0 Å². The number of likely N-dealkylation sites (N-methyl/N-ethyl adjacent to an activating group) is 2. The number of anilines is 1. The van der Waals surface area contributed by atoms with Gasteiger partial charge in [0, 0.05) is 45.0 Å². The normalized spacial score (nSPS) is 18.6. The smallest absolute Gasteiger partial charge is 0.242 e. The van der Waals surface area contributed by atoms with E-state index >= 15 is 0 Å². The number of hydrogen-bond donors (Lipinski definition) is 1. The molecule has 1 atom stereocenters. The summed E-state index contributed by atoms with van der Waals surface area (Å²) in [4.78, 5) is 19.0. The predicted molar refractivity (Wildman–Crippen MR) is 87.9 cm³/mol. The number of carbonyl (C=O) groups excluding carboxylic acids is 1. The Hall–Kier alpha value is -1.44. The number of amides is 1. The van der Waals surface area contributed by atoms with Gasteiger partial charge in [-0.2, -0.15) is 5.10 Å². The third-order valence-electron chi connectivity index (χ3n) is 4.13. The number of nitrogens with zero attached hydrogens (tertiary/aromatic N) is 5. The van der Waals surface area contributed by atoms with E-state index in [1.54, 1.807) is 0 Å². The summed E-state index contributed by atoms with van der Waals surface area (Å²) in [5.74, 6) is 0.646. The molecule has 7 heteroatoms. The number of nitrogens with one attached hydrogen (secondary N) is 1. The Labute approximate surface area is 132 Å². The van der Waals surface area contributed by atoms with Gasteiger partial charge in [-0.3, -0.25) is 14.4 Å². The zero-order valence-electron chi connectivity index (χ0n) is 14.1. The molecule has 0 aliphatic carbocycles. The molecule has 2 rings (SSSR count). The Kier molecular flexibility index (Phi) is 5.93. The molecule has 0 bridgehead atoms. The van der Waals surface area contributed by atoms with Gasteiger partial charge in [0.15, 0.2) is 5.82 Å². The van der Waals surface area contributed by atoms with Crippen LogP contribution in [0.25, 0.3) is 0 Å². The van der Waals surface area contributed by atoms with E-state index in [4.69, 9.17) is 0 Å². The fraction of sp³-hybridized carbons (Fsp3) is 0.733. The van der Waals surface area contributed by atoms with Crippen LogP contribution in [0.15, 0.2) is 12.3 Å². The highest BCUT2D eigenvalue weighted by atomic mass is 16.2. The van der Waals surface area contributed by atoms with Crippen molar-refractivity contribution in [2.75, 3.05) is 59.2 Å². The lowest BCUT2D eigenvalue weighted by Gasteiger charge is -2.35. The lowest BCUT2D eigenvalue weighted by molar-refractivity contribution is -0.121. The molecule has 1 aromatic rings. The van der Waals surface area contributed by atoms with Crippen LogP contribution in [0.4, 0.5) is 5.82 Å². The Morgan fingerprint density at radius 3 is 2.68 bits per heavy atom. The van der Waals surface area contributed by atoms with Crippen LogP contribution in [0.3, 0.4) is 0 Å². The van der Waals surface area contributed by atoms with Crippen LogP contribution in [0.1, 0.15) is 6.92 Å². The minimum atomic E-state index is -0.124. The number of rotatable bonds is 6. The van der Waals surface area contributed by atoms with E-state index in [0.29, 0.717) is 5.82 Å². The molecule has 1 N–H and O–H groups in total. The van der Waals surface area contributed by atoms with Crippen LogP contribution >= 0.6 is 0 Å². The molecule has 22 heavy (non-hydrogen) atoms. The molecule has 1 saturated heterocycles. The molecular weight excluding hydrogens is 280 g/mol. The first-order chi connectivity index (χ1) is 10.5. The number of hydrogen-bond acceptors (Lipinski definition) is 5. The average molecular weight is 308 g/mol. The highest BCUT2D eigenvalue weighted by molar-refractivity contribution is 5.93. The number of piperazine rings is 1. The van der Waals surface area contributed by atoms with E-state index in [1.807, 2.05) is 38.0 Å². The maximum atomic E-state index is 12.3. The third kappa shape index (κ3) is 4.79. The first-order valence-electron chi connectivity index (χ1n) is 7.87. The highest BCUT2D eigenvalue weighted by Crippen LogP contribution is 2.09. The summed E-state index contributed by atoms with van der Waals surface area (Å²) in [7, 11) is 6.18. The fourth-order valence-electron chi connectivity index (χ4n) is 2.46. The molecule has 0 aromatic carbocycles. The van der Waals surface area contributed by atoms with Gasteiger partial charge in [-0.25, -0.2) is 0 Å². The van der Waals surface area contributed by atoms with E-state index in [2.05, 4.69) is 32.2 Å². The van der Waals surface area contributed by atoms with Crippen molar-refractivity contribution in [3.8, 4) is 0 Å². The molecule has 1 aliphatic heterocycles. The summed E-state index contributed by atoms with van der Waals surface area (Å²) < 4.78 is 1.86. The summed E-state index contributed by atoms with van der Waals surface area (Å²) in [6.07, 6.45) is 1.90. The fourth-order valence-corrected chi connectivity index (χ4v) is 2.46. The first kappa shape index (κ1) is 16.9. The molecule has 2 heterocycles. The van der Waals surface area contributed by atoms with Gasteiger partial charge in [0.05, 0.1) is 12.6 Å². The molecule has 0 spiro atoms. The van der Waals surface area contributed by atoms with Crippen molar-refractivity contribution in [2.24, 2.45) is 0 Å². The monoisotopic (exact) mass is 308 g/mol. The summed E-state index contributed by atoms with van der Waals surface area (Å²) in [6.45, 7) is 7.59. The second-order valence-electron chi connectivity index (χ2n) is 6.27. The zero-order chi connectivity index (χ0) is 16.1. The van der Waals surface area contributed by atoms with Crippen LogP contribution in [-0.2, 0) is 11.3 Å². The second-order valence-corrected chi connectivity index (χ2v) is 6.27. The molecule has 1 amide bonds. The Balaban J connectivity index is 1.83. The van der Waals surface area contributed by atoms with E-state index in [-0.39, 0.29) is 11.9 Å². The third-order valence-corrected chi connectivity index (χ3v) is 4.13. The number of carbonyl (C=O) groups is 1. The van der Waals surface area contributed by atoms with Gasteiger partial charge < -0.3 is 15.1 Å². The Morgan fingerprint density at radius 2 is 2.05 bits per heavy atom. The maximum Gasteiger partial charge on any atom is 0.242 e. The largest absolute Gasteiger partial charge is 0.308 e. The number of aromatic nitrogens is 2. The van der Waals surface area contributed by atoms with Gasteiger partial charge in [0.1, 0.15) is 0 Å². The Bertz CT molecular complexity index is 478. The van der Waals surface area contributed by atoms with Crippen molar-refractivity contribution in [3.05, 3.63) is 12.3 Å². The summed E-state index contributed by atoms with van der Waals surface area (Å²) in [5, 5.41) is 7.31. The minimum Gasteiger partial charge on any atom is -0.308 e. The van der Waals surface area contributed by atoms with Crippen LogP contribution < -0.4 is 5.32 Å². The van der Waals surface area contributed by atoms with E-state index in [0.717, 1.165) is 39.3 Å². The molecule has 1 aliphatic rings. The molecular formula is C15H28N6O. The van der Waals surface area contributed by atoms with Crippen molar-refractivity contribution in [1.82, 2.24) is 24.5 Å². The lowest BCUT2D eigenvalue weighted by Crippen LogP contribution is -2.51. The average Bonchev–Trinajstić information content (AvgIpc) is 2.92. The van der Waals surface area contributed by atoms with E-state index in [9.17, 15) is 4.79 Å². The van der Waals surface area contributed by atoms with Crippen molar-refractivity contribution < 1.29 is 4.79 Å². The van der Waals surface area contributed by atoms with Crippen LogP contribution in [0.5, 0.6) is 0 Å². The minimum absolute atomic E-state index is 0.0161. The van der Waals surface area contributed by atoms with Crippen molar-refractivity contribution in [3.63, 3.8) is 0 Å². The van der Waals surface area contributed by atoms with Gasteiger partial charge in [0.2, 0.25) is 5.91 Å². The quantitative estimate of drug-likeness (QED) is 0.803. The molecule has 7 nitrogen and oxygen atoms in total. The summed E-state index contributed by atoms with van der Waals surface area (Å²) in [5.41, 5.74) is 0. The molecule has 124 valence electrons. The van der Waals surface area contributed by atoms with Crippen molar-refractivity contribution >= 4 is 11.7 Å². The summed E-state index contributed by atoms with van der Waals surface area (Å²) in [6, 6.07) is 1.73. The molecule has 0 radical (unpaired) electrons. The molecule has 0 saturated carbocycles. The van der Waals surface area contributed by atoms with Crippen LogP contribution in [-0.4, -0.2) is 90.3 Å². The van der Waals surface area contributed by atoms with Crippen molar-refractivity contribution in [2.45, 2.75) is 19.5 Å². The highest BCUT2D eigenvalue weighted by Gasteiger charge is 2.24. The second kappa shape index (κ2) is 7.71. The standard InChI is InChI=1S/C15H28N6O/c1-13(20-10-8-19(4)9-11-20)15(22)16-14-5-6-21(17-14)12-7-18(2)3/h5-6,13H,7-12H2,1-4H3,(H,16,17,22). The van der Waals surface area contributed by atoms with Gasteiger partial charge in [-0.1, -0.05) is 0 Å². The maximum absolute atomic E-state index is 12.3. The molecule has 1 unspecified atom stereocenters. The van der Waals surface area contributed by atoms with Gasteiger partial charge in [0.25, 0.3) is 0 Å². The van der Waals surface area contributed by atoms with Crippen LogP contribution in [0, 0.1) is 0 Å². The van der Waals surface area contributed by atoms with Crippen LogP contribution in [0.2, 0.25) is 0 Å². The van der Waals surface area contributed by atoms with E-state index in [1.165, 1.54) is 0 Å². The van der Waals surface area contributed by atoms with Gasteiger partial charge in [-0.05, 0) is 28.1 Å². The van der Waals surface area contributed by atoms with E-state index < -0.39 is 0 Å².